The summed E-state index contributed by atoms with van der Waals surface area (Å²) in [6.07, 6.45) is 4.76. The zero-order valence-corrected chi connectivity index (χ0v) is 13.2. The average molecular weight is 299 g/mol. The molecule has 2 N–H and O–H groups in total. The van der Waals surface area contributed by atoms with E-state index >= 15 is 0 Å². The van der Waals surface area contributed by atoms with Gasteiger partial charge in [-0.3, -0.25) is 0 Å². The molecule has 0 saturated carbocycles. The third-order valence-electron chi connectivity index (χ3n) is 3.98. The Kier molecular flexibility index (Phi) is 5.23. The van der Waals surface area contributed by atoms with Crippen molar-refractivity contribution < 1.29 is 8.42 Å². The Morgan fingerprint density at radius 3 is 2.95 bits per heavy atom. The molecule has 1 saturated heterocycles. The largest absolute Gasteiger partial charge is 0.363 e. The van der Waals surface area contributed by atoms with Gasteiger partial charge in [-0.2, -0.15) is 4.31 Å². The molecule has 1 aliphatic heterocycles. The lowest BCUT2D eigenvalue weighted by Crippen LogP contribution is -2.39. The van der Waals surface area contributed by atoms with Gasteiger partial charge in [0.15, 0.2) is 0 Å². The quantitative estimate of drug-likeness (QED) is 0.843. The first kappa shape index (κ1) is 15.5. The molecule has 6 heteroatoms. The monoisotopic (exact) mass is 299 g/mol. The summed E-state index contributed by atoms with van der Waals surface area (Å²) in [5.41, 5.74) is 0.912. The van der Waals surface area contributed by atoms with Crippen LogP contribution < -0.4 is 5.32 Å². The number of piperidine rings is 1. The second kappa shape index (κ2) is 6.74. The fraction of sp³-hybridized carbons (Fsp3) is 0.714. The van der Waals surface area contributed by atoms with E-state index in [0.717, 1.165) is 31.5 Å². The minimum absolute atomic E-state index is 0.391. The van der Waals surface area contributed by atoms with Crippen LogP contribution in [0, 0.1) is 5.92 Å². The summed E-state index contributed by atoms with van der Waals surface area (Å²) in [6, 6.07) is 1.74. The molecule has 2 heterocycles. The number of rotatable bonds is 6. The van der Waals surface area contributed by atoms with Crippen molar-refractivity contribution in [3.8, 4) is 0 Å². The van der Waals surface area contributed by atoms with Crippen LogP contribution in [0.3, 0.4) is 0 Å². The van der Waals surface area contributed by atoms with E-state index in [2.05, 4.69) is 17.2 Å². The Bertz CT molecular complexity index is 524. The van der Waals surface area contributed by atoms with Gasteiger partial charge in [-0.25, -0.2) is 8.42 Å². The van der Waals surface area contributed by atoms with E-state index in [1.54, 1.807) is 16.6 Å². The maximum absolute atomic E-state index is 12.6. The van der Waals surface area contributed by atoms with Gasteiger partial charge in [0.1, 0.15) is 0 Å². The number of aromatic amines is 1. The average Bonchev–Trinajstić information content (AvgIpc) is 2.94. The molecule has 5 nitrogen and oxygen atoms in total. The first-order valence-corrected chi connectivity index (χ1v) is 8.90. The lowest BCUT2D eigenvalue weighted by molar-refractivity contribution is 0.261. The molecule has 0 bridgehead atoms. The standard InChI is InChI=1S/C14H25N3O2S/c1-3-12-6-5-7-17(11-12)20(18,19)14-8-13(16-10-14)9-15-4-2/h8,10,12,15-16H,3-7,9,11H2,1-2H3. The molecule has 1 aliphatic rings. The highest BCUT2D eigenvalue weighted by atomic mass is 32.2. The summed E-state index contributed by atoms with van der Waals surface area (Å²) in [5, 5.41) is 3.19. The van der Waals surface area contributed by atoms with Crippen molar-refractivity contribution in [3.63, 3.8) is 0 Å². The van der Waals surface area contributed by atoms with Gasteiger partial charge in [0.2, 0.25) is 10.0 Å². The molecular weight excluding hydrogens is 274 g/mol. The maximum atomic E-state index is 12.6. The zero-order valence-electron chi connectivity index (χ0n) is 12.4. The molecule has 0 spiro atoms. The van der Waals surface area contributed by atoms with Crippen molar-refractivity contribution in [2.24, 2.45) is 5.92 Å². The van der Waals surface area contributed by atoms with Crippen LogP contribution >= 0.6 is 0 Å². The van der Waals surface area contributed by atoms with Crippen LogP contribution in [-0.4, -0.2) is 37.3 Å². The van der Waals surface area contributed by atoms with Crippen molar-refractivity contribution in [3.05, 3.63) is 18.0 Å². The van der Waals surface area contributed by atoms with Gasteiger partial charge in [-0.1, -0.05) is 20.3 Å². The molecule has 0 amide bonds. The van der Waals surface area contributed by atoms with Crippen LogP contribution in [0.2, 0.25) is 0 Å². The van der Waals surface area contributed by atoms with Crippen LogP contribution in [0.1, 0.15) is 38.8 Å². The highest BCUT2D eigenvalue weighted by molar-refractivity contribution is 7.89. The van der Waals surface area contributed by atoms with Gasteiger partial charge in [0.25, 0.3) is 0 Å². The van der Waals surface area contributed by atoms with Gasteiger partial charge in [-0.15, -0.1) is 0 Å². The van der Waals surface area contributed by atoms with E-state index in [9.17, 15) is 8.42 Å². The normalized spacial score (nSPS) is 21.2. The Morgan fingerprint density at radius 2 is 2.25 bits per heavy atom. The van der Waals surface area contributed by atoms with E-state index in [1.807, 2.05) is 6.92 Å². The third kappa shape index (κ3) is 3.42. The van der Waals surface area contributed by atoms with Crippen molar-refractivity contribution in [1.29, 1.82) is 0 Å². The van der Waals surface area contributed by atoms with Crippen LogP contribution in [0.4, 0.5) is 0 Å². The van der Waals surface area contributed by atoms with Crippen molar-refractivity contribution in [2.75, 3.05) is 19.6 Å². The van der Waals surface area contributed by atoms with Gasteiger partial charge in [0.05, 0.1) is 4.90 Å². The van der Waals surface area contributed by atoms with E-state index < -0.39 is 10.0 Å². The first-order valence-electron chi connectivity index (χ1n) is 7.46. The number of H-pyrrole nitrogens is 1. The predicted molar refractivity (Wildman–Crippen MR) is 79.9 cm³/mol. The number of nitrogens with one attached hydrogen (secondary N) is 2. The second-order valence-corrected chi connectivity index (χ2v) is 7.36. The molecule has 1 aromatic heterocycles. The molecule has 0 radical (unpaired) electrons. The topological polar surface area (TPSA) is 65.2 Å². The molecule has 2 rings (SSSR count). The third-order valence-corrected chi connectivity index (χ3v) is 5.82. The molecule has 1 unspecified atom stereocenters. The van der Waals surface area contributed by atoms with Gasteiger partial charge in [0, 0.05) is 31.5 Å². The Hall–Kier alpha value is -0.850. The Morgan fingerprint density at radius 1 is 1.45 bits per heavy atom. The summed E-state index contributed by atoms with van der Waals surface area (Å²) in [7, 11) is -3.33. The van der Waals surface area contributed by atoms with Gasteiger partial charge < -0.3 is 10.3 Å². The second-order valence-electron chi connectivity index (χ2n) is 5.42. The van der Waals surface area contributed by atoms with Crippen LogP contribution in [0.25, 0.3) is 0 Å². The fourth-order valence-corrected chi connectivity index (χ4v) is 4.23. The van der Waals surface area contributed by atoms with E-state index in [0.29, 0.717) is 30.4 Å². The number of hydrogen-bond acceptors (Lipinski definition) is 3. The zero-order chi connectivity index (χ0) is 14.6. The van der Waals surface area contributed by atoms with Crippen LogP contribution in [0.5, 0.6) is 0 Å². The lowest BCUT2D eigenvalue weighted by atomic mass is 9.97. The van der Waals surface area contributed by atoms with E-state index in [4.69, 9.17) is 0 Å². The SMILES string of the molecule is CCNCc1cc(S(=O)(=O)N2CCCC(CC)C2)c[nH]1. The van der Waals surface area contributed by atoms with Crippen LogP contribution in [-0.2, 0) is 16.6 Å². The molecule has 20 heavy (non-hydrogen) atoms. The molecule has 0 aromatic carbocycles. The van der Waals surface area contributed by atoms with Crippen molar-refractivity contribution >= 4 is 10.0 Å². The van der Waals surface area contributed by atoms with E-state index in [1.165, 1.54) is 0 Å². The molecule has 114 valence electrons. The number of sulfonamides is 1. The molecule has 1 atom stereocenters. The Balaban J connectivity index is 2.11. The fourth-order valence-electron chi connectivity index (χ4n) is 2.66. The number of hydrogen-bond donors (Lipinski definition) is 2. The summed E-state index contributed by atoms with van der Waals surface area (Å²) in [4.78, 5) is 3.43. The lowest BCUT2D eigenvalue weighted by Gasteiger charge is -2.31. The molecule has 1 aromatic rings. The number of aromatic nitrogens is 1. The maximum Gasteiger partial charge on any atom is 0.244 e. The van der Waals surface area contributed by atoms with Crippen molar-refractivity contribution in [1.82, 2.24) is 14.6 Å². The highest BCUT2D eigenvalue weighted by Gasteiger charge is 2.30. The Labute approximate surface area is 121 Å². The molecule has 0 aliphatic carbocycles. The van der Waals surface area contributed by atoms with Gasteiger partial charge in [-0.05, 0) is 31.4 Å². The first-order chi connectivity index (χ1) is 9.57. The highest BCUT2D eigenvalue weighted by Crippen LogP contribution is 2.25. The number of nitrogens with zero attached hydrogens (tertiary/aromatic N) is 1. The minimum atomic E-state index is -3.33. The molecular formula is C14H25N3O2S. The summed E-state index contributed by atoms with van der Waals surface area (Å²) >= 11 is 0. The van der Waals surface area contributed by atoms with Crippen molar-refractivity contribution in [2.45, 2.75) is 44.6 Å². The smallest absolute Gasteiger partial charge is 0.244 e. The van der Waals surface area contributed by atoms with E-state index in [-0.39, 0.29) is 0 Å². The predicted octanol–water partition coefficient (Wildman–Crippen LogP) is 1.93. The summed E-state index contributed by atoms with van der Waals surface area (Å²) in [6.45, 7) is 7.00. The summed E-state index contributed by atoms with van der Waals surface area (Å²) < 4.78 is 26.9. The van der Waals surface area contributed by atoms with Crippen LogP contribution in [0.15, 0.2) is 17.2 Å². The summed E-state index contributed by atoms with van der Waals surface area (Å²) in [5.74, 6) is 0.499. The minimum Gasteiger partial charge on any atom is -0.363 e. The van der Waals surface area contributed by atoms with Gasteiger partial charge >= 0.3 is 0 Å². The molecule has 1 fully saturated rings.